The first kappa shape index (κ1) is 14.1. The lowest BCUT2D eigenvalue weighted by molar-refractivity contribution is -0.122. The topological polar surface area (TPSA) is 41.1 Å². The number of hydrogen-bond acceptors (Lipinski definition) is 2. The zero-order valence-corrected chi connectivity index (χ0v) is 11.7. The Hall–Kier alpha value is -1.35. The summed E-state index contributed by atoms with van der Waals surface area (Å²) < 4.78 is 0. The summed E-state index contributed by atoms with van der Waals surface area (Å²) in [5, 5.41) is 6.29. The second kappa shape index (κ2) is 7.29. The second-order valence-corrected chi connectivity index (χ2v) is 5.45. The minimum Gasteiger partial charge on any atom is -0.355 e. The van der Waals surface area contributed by atoms with Crippen molar-refractivity contribution >= 4 is 5.91 Å². The molecule has 1 atom stereocenters. The molecule has 19 heavy (non-hydrogen) atoms. The van der Waals surface area contributed by atoms with E-state index in [1.165, 1.54) is 18.4 Å². The van der Waals surface area contributed by atoms with Gasteiger partial charge in [-0.1, -0.05) is 30.3 Å². The monoisotopic (exact) mass is 260 g/mol. The van der Waals surface area contributed by atoms with Crippen LogP contribution < -0.4 is 10.6 Å². The Labute approximate surface area is 115 Å². The van der Waals surface area contributed by atoms with Gasteiger partial charge in [0, 0.05) is 6.54 Å². The predicted molar refractivity (Wildman–Crippen MR) is 78.0 cm³/mol. The van der Waals surface area contributed by atoms with Gasteiger partial charge in [0.15, 0.2) is 0 Å². The lowest BCUT2D eigenvalue weighted by atomic mass is 10.1. The van der Waals surface area contributed by atoms with E-state index in [0.717, 1.165) is 31.8 Å². The summed E-state index contributed by atoms with van der Waals surface area (Å²) in [5.41, 5.74) is 1.33. The van der Waals surface area contributed by atoms with Crippen LogP contribution in [-0.4, -0.2) is 25.0 Å². The highest BCUT2D eigenvalue weighted by atomic mass is 16.2. The van der Waals surface area contributed by atoms with Crippen LogP contribution in [0.15, 0.2) is 30.3 Å². The molecule has 1 aliphatic carbocycles. The van der Waals surface area contributed by atoms with Crippen LogP contribution in [0.4, 0.5) is 0 Å². The highest BCUT2D eigenvalue weighted by Gasteiger charge is 2.22. The molecule has 1 aromatic rings. The smallest absolute Gasteiger partial charge is 0.236 e. The standard InChI is InChI=1S/C16H24N2O/c1-13(18-12-15-9-10-15)16(19)17-11-5-8-14-6-3-2-4-7-14/h2-4,6-7,13,15,18H,5,8-12H2,1H3,(H,17,19)/t13-/m1/s1. The number of carbonyl (C=O) groups is 1. The molecule has 1 fully saturated rings. The van der Waals surface area contributed by atoms with Crippen LogP contribution in [0.5, 0.6) is 0 Å². The highest BCUT2D eigenvalue weighted by Crippen LogP contribution is 2.27. The van der Waals surface area contributed by atoms with Gasteiger partial charge in [-0.3, -0.25) is 4.79 Å². The molecule has 3 nitrogen and oxygen atoms in total. The molecule has 3 heteroatoms. The van der Waals surface area contributed by atoms with Crippen molar-refractivity contribution in [1.29, 1.82) is 0 Å². The number of hydrogen-bond donors (Lipinski definition) is 2. The third-order valence-electron chi connectivity index (χ3n) is 3.59. The van der Waals surface area contributed by atoms with Gasteiger partial charge < -0.3 is 10.6 Å². The van der Waals surface area contributed by atoms with Crippen molar-refractivity contribution in [2.24, 2.45) is 5.92 Å². The molecule has 0 aromatic heterocycles. The number of rotatable bonds is 8. The SMILES string of the molecule is C[C@@H](NCC1CC1)C(=O)NCCCc1ccccc1. The Morgan fingerprint density at radius 1 is 1.32 bits per heavy atom. The van der Waals surface area contributed by atoms with Gasteiger partial charge in [-0.05, 0) is 50.6 Å². The molecular weight excluding hydrogens is 236 g/mol. The zero-order valence-electron chi connectivity index (χ0n) is 11.7. The van der Waals surface area contributed by atoms with Gasteiger partial charge in [0.25, 0.3) is 0 Å². The lowest BCUT2D eigenvalue weighted by Gasteiger charge is -2.13. The molecule has 1 aliphatic rings. The van der Waals surface area contributed by atoms with Crippen LogP contribution in [0.2, 0.25) is 0 Å². The lowest BCUT2D eigenvalue weighted by Crippen LogP contribution is -2.43. The molecule has 0 bridgehead atoms. The van der Waals surface area contributed by atoms with E-state index in [0.29, 0.717) is 0 Å². The van der Waals surface area contributed by atoms with Gasteiger partial charge in [-0.15, -0.1) is 0 Å². The van der Waals surface area contributed by atoms with Crippen molar-refractivity contribution in [3.8, 4) is 0 Å². The van der Waals surface area contributed by atoms with E-state index >= 15 is 0 Å². The predicted octanol–water partition coefficient (Wildman–Crippen LogP) is 2.12. The largest absolute Gasteiger partial charge is 0.355 e. The molecule has 1 amide bonds. The molecule has 0 heterocycles. The Morgan fingerprint density at radius 2 is 2.05 bits per heavy atom. The van der Waals surface area contributed by atoms with Gasteiger partial charge in [-0.2, -0.15) is 0 Å². The number of nitrogens with one attached hydrogen (secondary N) is 2. The number of aryl methyl sites for hydroxylation is 1. The molecule has 104 valence electrons. The minimum absolute atomic E-state index is 0.0719. The summed E-state index contributed by atoms with van der Waals surface area (Å²) in [4.78, 5) is 11.8. The van der Waals surface area contributed by atoms with Crippen molar-refractivity contribution < 1.29 is 4.79 Å². The van der Waals surface area contributed by atoms with Gasteiger partial charge in [0.05, 0.1) is 6.04 Å². The summed E-state index contributed by atoms with van der Waals surface area (Å²) in [6, 6.07) is 10.3. The maximum atomic E-state index is 11.8. The van der Waals surface area contributed by atoms with Crippen molar-refractivity contribution in [3.63, 3.8) is 0 Å². The van der Waals surface area contributed by atoms with E-state index in [2.05, 4.69) is 34.9 Å². The number of amides is 1. The van der Waals surface area contributed by atoms with E-state index in [9.17, 15) is 4.79 Å². The number of carbonyl (C=O) groups excluding carboxylic acids is 1. The summed E-state index contributed by atoms with van der Waals surface area (Å²) in [7, 11) is 0. The van der Waals surface area contributed by atoms with E-state index in [-0.39, 0.29) is 11.9 Å². The van der Waals surface area contributed by atoms with Crippen LogP contribution in [0.1, 0.15) is 31.7 Å². The Balaban J connectivity index is 1.55. The van der Waals surface area contributed by atoms with Crippen LogP contribution in [0, 0.1) is 5.92 Å². The quantitative estimate of drug-likeness (QED) is 0.703. The van der Waals surface area contributed by atoms with Crippen molar-refractivity contribution in [1.82, 2.24) is 10.6 Å². The van der Waals surface area contributed by atoms with Crippen LogP contribution in [-0.2, 0) is 11.2 Å². The fourth-order valence-corrected chi connectivity index (χ4v) is 2.06. The van der Waals surface area contributed by atoms with Crippen LogP contribution in [0.25, 0.3) is 0 Å². The molecule has 2 N–H and O–H groups in total. The fourth-order valence-electron chi connectivity index (χ4n) is 2.06. The molecule has 1 aromatic carbocycles. The Kier molecular flexibility index (Phi) is 5.40. The maximum Gasteiger partial charge on any atom is 0.236 e. The zero-order chi connectivity index (χ0) is 13.5. The Morgan fingerprint density at radius 3 is 2.74 bits per heavy atom. The molecule has 0 unspecified atom stereocenters. The first-order valence-corrected chi connectivity index (χ1v) is 7.30. The van der Waals surface area contributed by atoms with E-state index in [4.69, 9.17) is 0 Å². The van der Waals surface area contributed by atoms with E-state index < -0.39 is 0 Å². The van der Waals surface area contributed by atoms with Gasteiger partial charge >= 0.3 is 0 Å². The summed E-state index contributed by atoms with van der Waals surface area (Å²) in [5.74, 6) is 0.932. The van der Waals surface area contributed by atoms with Gasteiger partial charge in [0.1, 0.15) is 0 Å². The fraction of sp³-hybridized carbons (Fsp3) is 0.562. The average molecular weight is 260 g/mol. The first-order valence-electron chi connectivity index (χ1n) is 7.30. The molecule has 1 saturated carbocycles. The molecule has 2 rings (SSSR count). The molecular formula is C16H24N2O. The van der Waals surface area contributed by atoms with Gasteiger partial charge in [0.2, 0.25) is 5.91 Å². The third-order valence-corrected chi connectivity index (χ3v) is 3.59. The molecule has 0 spiro atoms. The van der Waals surface area contributed by atoms with Crippen LogP contribution >= 0.6 is 0 Å². The summed E-state index contributed by atoms with van der Waals surface area (Å²) >= 11 is 0. The molecule has 0 aliphatic heterocycles. The minimum atomic E-state index is -0.0719. The Bertz CT molecular complexity index is 387. The van der Waals surface area contributed by atoms with Gasteiger partial charge in [-0.25, -0.2) is 0 Å². The van der Waals surface area contributed by atoms with Crippen molar-refractivity contribution in [2.75, 3.05) is 13.1 Å². The maximum absolute atomic E-state index is 11.8. The summed E-state index contributed by atoms with van der Waals surface area (Å²) in [6.07, 6.45) is 4.65. The highest BCUT2D eigenvalue weighted by molar-refractivity contribution is 5.81. The summed E-state index contributed by atoms with van der Waals surface area (Å²) in [6.45, 7) is 3.68. The van der Waals surface area contributed by atoms with Crippen LogP contribution in [0.3, 0.4) is 0 Å². The molecule has 0 radical (unpaired) electrons. The van der Waals surface area contributed by atoms with Crippen molar-refractivity contribution in [2.45, 2.75) is 38.6 Å². The number of benzene rings is 1. The average Bonchev–Trinajstić information content (AvgIpc) is 3.26. The molecule has 0 saturated heterocycles. The van der Waals surface area contributed by atoms with Crippen molar-refractivity contribution in [3.05, 3.63) is 35.9 Å². The van der Waals surface area contributed by atoms with E-state index in [1.54, 1.807) is 0 Å². The third kappa shape index (κ3) is 5.43. The first-order chi connectivity index (χ1) is 9.25. The van der Waals surface area contributed by atoms with E-state index in [1.807, 2.05) is 13.0 Å². The normalized spacial score (nSPS) is 16.1. The second-order valence-electron chi connectivity index (χ2n) is 5.45.